The van der Waals surface area contributed by atoms with Gasteiger partial charge in [-0.2, -0.15) is 5.10 Å². The summed E-state index contributed by atoms with van der Waals surface area (Å²) in [7, 11) is 1.75. The Balaban J connectivity index is 0.00000225. The van der Waals surface area contributed by atoms with E-state index in [1.165, 1.54) is 0 Å². The average molecular weight is 404 g/mol. The highest BCUT2D eigenvalue weighted by Crippen LogP contribution is 2.21. The van der Waals surface area contributed by atoms with Crippen LogP contribution in [0.25, 0.3) is 0 Å². The first-order chi connectivity index (χ1) is 11.5. The zero-order valence-corrected chi connectivity index (χ0v) is 16.2. The summed E-state index contributed by atoms with van der Waals surface area (Å²) in [6.45, 7) is 2.37. The number of hydrogen-bond acceptors (Lipinski definition) is 3. The van der Waals surface area contributed by atoms with Crippen LogP contribution in [0.4, 0.5) is 0 Å². The van der Waals surface area contributed by atoms with Crippen LogP contribution < -0.4 is 5.32 Å². The van der Waals surface area contributed by atoms with Crippen molar-refractivity contribution in [3.63, 3.8) is 0 Å². The van der Waals surface area contributed by atoms with Crippen molar-refractivity contribution in [3.8, 4) is 0 Å². The molecule has 1 atom stereocenters. The van der Waals surface area contributed by atoms with Gasteiger partial charge in [-0.3, -0.25) is 9.48 Å². The number of halogens is 3. The van der Waals surface area contributed by atoms with E-state index in [0.29, 0.717) is 28.3 Å². The molecule has 2 aromatic rings. The maximum atomic E-state index is 12.6. The lowest BCUT2D eigenvalue weighted by molar-refractivity contribution is 0.0777. The molecule has 0 spiro atoms. The van der Waals surface area contributed by atoms with Crippen molar-refractivity contribution >= 4 is 41.5 Å². The molecule has 5 nitrogen and oxygen atoms in total. The molecule has 1 amide bonds. The quantitative estimate of drug-likeness (QED) is 0.844. The van der Waals surface area contributed by atoms with Crippen LogP contribution in [0.5, 0.6) is 0 Å². The van der Waals surface area contributed by atoms with Crippen molar-refractivity contribution < 1.29 is 4.79 Å². The predicted octanol–water partition coefficient (Wildman–Crippen LogP) is 3.81. The van der Waals surface area contributed by atoms with Gasteiger partial charge in [-0.05, 0) is 49.2 Å². The number of carbonyl (C=O) groups excluding carboxylic acids is 1. The van der Waals surface area contributed by atoms with Gasteiger partial charge in [0.25, 0.3) is 5.91 Å². The van der Waals surface area contributed by atoms with E-state index in [2.05, 4.69) is 10.4 Å². The molecule has 1 aliphatic heterocycles. The van der Waals surface area contributed by atoms with Gasteiger partial charge in [0.15, 0.2) is 0 Å². The lowest BCUT2D eigenvalue weighted by Gasteiger charge is -2.23. The summed E-state index contributed by atoms with van der Waals surface area (Å²) in [5.41, 5.74) is 1.34. The summed E-state index contributed by atoms with van der Waals surface area (Å²) in [4.78, 5) is 14.2. The van der Waals surface area contributed by atoms with Crippen molar-refractivity contribution in [1.29, 1.82) is 0 Å². The summed E-state index contributed by atoms with van der Waals surface area (Å²) >= 11 is 12.0. The SMILES string of the molecule is CN(Cc1cc(Cl)cc(Cl)c1)C(=O)c1ccn(C2CCCNC2)n1.Cl. The molecule has 0 saturated carbocycles. The molecule has 1 aromatic heterocycles. The normalized spacial score (nSPS) is 17.0. The van der Waals surface area contributed by atoms with E-state index in [-0.39, 0.29) is 18.3 Å². The summed E-state index contributed by atoms with van der Waals surface area (Å²) in [5, 5.41) is 8.95. The van der Waals surface area contributed by atoms with Gasteiger partial charge in [-0.15, -0.1) is 12.4 Å². The van der Waals surface area contributed by atoms with Crippen LogP contribution in [-0.4, -0.2) is 40.7 Å². The molecule has 1 fully saturated rings. The molecule has 1 aromatic carbocycles. The van der Waals surface area contributed by atoms with Gasteiger partial charge < -0.3 is 10.2 Å². The predicted molar refractivity (Wildman–Crippen MR) is 103 cm³/mol. The van der Waals surface area contributed by atoms with Gasteiger partial charge in [0.05, 0.1) is 6.04 Å². The van der Waals surface area contributed by atoms with Crippen molar-refractivity contribution in [3.05, 3.63) is 51.8 Å². The molecular weight excluding hydrogens is 383 g/mol. The maximum absolute atomic E-state index is 12.6. The number of piperidine rings is 1. The average Bonchev–Trinajstić information content (AvgIpc) is 3.04. The van der Waals surface area contributed by atoms with Gasteiger partial charge in [0.1, 0.15) is 5.69 Å². The highest BCUT2D eigenvalue weighted by molar-refractivity contribution is 6.34. The molecule has 3 rings (SSSR count). The second-order valence-electron chi connectivity index (χ2n) is 6.12. The van der Waals surface area contributed by atoms with Crippen LogP contribution in [0.2, 0.25) is 10.0 Å². The van der Waals surface area contributed by atoms with Crippen molar-refractivity contribution in [1.82, 2.24) is 20.0 Å². The smallest absolute Gasteiger partial charge is 0.274 e. The highest BCUT2D eigenvalue weighted by Gasteiger charge is 2.19. The molecule has 0 aliphatic carbocycles. The van der Waals surface area contributed by atoms with Crippen LogP contribution in [0.1, 0.15) is 34.9 Å². The fourth-order valence-electron chi connectivity index (χ4n) is 2.96. The van der Waals surface area contributed by atoms with E-state index in [4.69, 9.17) is 23.2 Å². The topological polar surface area (TPSA) is 50.2 Å². The van der Waals surface area contributed by atoms with Crippen LogP contribution in [0.15, 0.2) is 30.5 Å². The summed E-state index contributed by atoms with van der Waals surface area (Å²) in [5.74, 6) is -0.117. The van der Waals surface area contributed by atoms with Gasteiger partial charge in [-0.25, -0.2) is 0 Å². The number of carbonyl (C=O) groups is 1. The van der Waals surface area contributed by atoms with Crippen molar-refractivity contribution in [2.45, 2.75) is 25.4 Å². The second-order valence-corrected chi connectivity index (χ2v) is 6.99. The van der Waals surface area contributed by atoms with Gasteiger partial charge in [0, 0.05) is 36.4 Å². The molecule has 0 bridgehead atoms. The molecule has 136 valence electrons. The molecule has 1 N–H and O–H groups in total. The zero-order valence-electron chi connectivity index (χ0n) is 13.9. The monoisotopic (exact) mass is 402 g/mol. The number of amides is 1. The van der Waals surface area contributed by atoms with Crippen LogP contribution in [-0.2, 0) is 6.54 Å². The van der Waals surface area contributed by atoms with Crippen molar-refractivity contribution in [2.24, 2.45) is 0 Å². The van der Waals surface area contributed by atoms with Crippen LogP contribution in [0, 0.1) is 0 Å². The lowest BCUT2D eigenvalue weighted by Crippen LogP contribution is -2.32. The Labute approximate surface area is 163 Å². The van der Waals surface area contributed by atoms with Gasteiger partial charge in [0.2, 0.25) is 0 Å². The Hall–Kier alpha value is -1.27. The Morgan fingerprint density at radius 1 is 1.36 bits per heavy atom. The van der Waals surface area contributed by atoms with E-state index in [1.807, 2.05) is 23.0 Å². The van der Waals surface area contributed by atoms with E-state index in [9.17, 15) is 4.79 Å². The molecular formula is C17H21Cl3N4O. The molecule has 8 heteroatoms. The number of nitrogens with zero attached hydrogens (tertiary/aromatic N) is 3. The number of aromatic nitrogens is 2. The first-order valence-corrected chi connectivity index (χ1v) is 8.75. The molecule has 1 unspecified atom stereocenters. The maximum Gasteiger partial charge on any atom is 0.274 e. The molecule has 1 aliphatic rings. The molecule has 1 saturated heterocycles. The fraction of sp³-hybridized carbons (Fsp3) is 0.412. The minimum absolute atomic E-state index is 0. The minimum Gasteiger partial charge on any atom is -0.336 e. The van der Waals surface area contributed by atoms with E-state index in [0.717, 1.165) is 31.5 Å². The second kappa shape index (κ2) is 8.90. The first-order valence-electron chi connectivity index (χ1n) is 7.99. The highest BCUT2D eigenvalue weighted by atomic mass is 35.5. The minimum atomic E-state index is -0.117. The van der Waals surface area contributed by atoms with Crippen LogP contribution in [0.3, 0.4) is 0 Å². The molecule has 0 radical (unpaired) electrons. The first kappa shape index (κ1) is 20.0. The Kier molecular flexibility index (Phi) is 7.14. The van der Waals surface area contributed by atoms with Crippen LogP contribution >= 0.6 is 35.6 Å². The summed E-state index contributed by atoms with van der Waals surface area (Å²) < 4.78 is 1.89. The number of benzene rings is 1. The Bertz CT molecular complexity index is 708. The number of rotatable bonds is 4. The number of nitrogens with one attached hydrogen (secondary N) is 1. The Morgan fingerprint density at radius 3 is 2.72 bits per heavy atom. The molecule has 2 heterocycles. The largest absolute Gasteiger partial charge is 0.336 e. The standard InChI is InChI=1S/C17H20Cl2N4O.ClH/c1-22(11-12-7-13(18)9-14(19)8-12)17(24)16-4-6-23(21-16)15-3-2-5-20-10-15;/h4,6-9,15,20H,2-3,5,10-11H2,1H3;1H. The van der Waals surface area contributed by atoms with Crippen molar-refractivity contribution in [2.75, 3.05) is 20.1 Å². The van der Waals surface area contributed by atoms with E-state index >= 15 is 0 Å². The summed E-state index contributed by atoms with van der Waals surface area (Å²) in [6, 6.07) is 7.39. The third-order valence-electron chi connectivity index (χ3n) is 4.16. The van der Waals surface area contributed by atoms with Gasteiger partial charge in [-0.1, -0.05) is 23.2 Å². The third-order valence-corrected chi connectivity index (χ3v) is 4.60. The lowest BCUT2D eigenvalue weighted by atomic mass is 10.1. The Morgan fingerprint density at radius 2 is 2.08 bits per heavy atom. The number of hydrogen-bond donors (Lipinski definition) is 1. The van der Waals surface area contributed by atoms with E-state index < -0.39 is 0 Å². The fourth-order valence-corrected chi connectivity index (χ4v) is 3.53. The van der Waals surface area contributed by atoms with Gasteiger partial charge >= 0.3 is 0 Å². The van der Waals surface area contributed by atoms with E-state index in [1.54, 1.807) is 24.1 Å². The summed E-state index contributed by atoms with van der Waals surface area (Å²) in [6.07, 6.45) is 4.09. The zero-order chi connectivity index (χ0) is 17.1. The third kappa shape index (κ3) is 5.11. The molecule has 25 heavy (non-hydrogen) atoms.